The molecule has 100 valence electrons. The summed E-state index contributed by atoms with van der Waals surface area (Å²) in [4.78, 5) is 0. The van der Waals surface area contributed by atoms with Crippen LogP contribution in [-0.4, -0.2) is 7.11 Å². The van der Waals surface area contributed by atoms with E-state index < -0.39 is 0 Å². The Balaban J connectivity index is 2.33. The number of benzene rings is 2. The summed E-state index contributed by atoms with van der Waals surface area (Å²) in [6, 6.07) is 9.78. The van der Waals surface area contributed by atoms with Crippen molar-refractivity contribution >= 4 is 33.0 Å². The minimum atomic E-state index is 0.674. The fourth-order valence-electron chi connectivity index (χ4n) is 2.00. The SMILES string of the molecule is COc1cc(N)cc(Nc2cc(C)c(Br)c(C)c2)c1. The highest BCUT2D eigenvalue weighted by atomic mass is 79.9. The van der Waals surface area contributed by atoms with Crippen molar-refractivity contribution in [3.63, 3.8) is 0 Å². The van der Waals surface area contributed by atoms with E-state index in [-0.39, 0.29) is 0 Å². The van der Waals surface area contributed by atoms with Crippen LogP contribution >= 0.6 is 15.9 Å². The van der Waals surface area contributed by atoms with Crippen LogP contribution in [0.2, 0.25) is 0 Å². The molecule has 0 saturated heterocycles. The lowest BCUT2D eigenvalue weighted by atomic mass is 10.1. The highest BCUT2D eigenvalue weighted by Gasteiger charge is 2.04. The Hall–Kier alpha value is -1.68. The number of rotatable bonds is 3. The third kappa shape index (κ3) is 3.20. The average Bonchev–Trinajstić information content (AvgIpc) is 2.35. The predicted octanol–water partition coefficient (Wildman–Crippen LogP) is 4.40. The molecule has 2 aromatic rings. The molecule has 0 aromatic heterocycles. The van der Waals surface area contributed by atoms with Gasteiger partial charge in [-0.3, -0.25) is 0 Å². The first-order valence-corrected chi connectivity index (χ1v) is 6.77. The van der Waals surface area contributed by atoms with Gasteiger partial charge in [0.05, 0.1) is 7.11 Å². The van der Waals surface area contributed by atoms with Crippen molar-refractivity contribution in [2.75, 3.05) is 18.2 Å². The van der Waals surface area contributed by atoms with Crippen LogP contribution < -0.4 is 15.8 Å². The molecule has 0 fully saturated rings. The second-order valence-electron chi connectivity index (χ2n) is 4.54. The maximum atomic E-state index is 5.85. The normalized spacial score (nSPS) is 10.3. The number of hydrogen-bond acceptors (Lipinski definition) is 3. The largest absolute Gasteiger partial charge is 0.497 e. The highest BCUT2D eigenvalue weighted by Crippen LogP contribution is 2.29. The Morgan fingerprint density at radius 1 is 1.00 bits per heavy atom. The smallest absolute Gasteiger partial charge is 0.122 e. The minimum absolute atomic E-state index is 0.674. The average molecular weight is 321 g/mol. The number of methoxy groups -OCH3 is 1. The molecule has 3 N–H and O–H groups in total. The first-order chi connectivity index (χ1) is 8.99. The van der Waals surface area contributed by atoms with E-state index in [4.69, 9.17) is 10.5 Å². The molecule has 0 heterocycles. The van der Waals surface area contributed by atoms with Gasteiger partial charge in [-0.15, -0.1) is 0 Å². The van der Waals surface area contributed by atoms with Crippen molar-refractivity contribution < 1.29 is 4.74 Å². The molecule has 0 aliphatic rings. The monoisotopic (exact) mass is 320 g/mol. The Bertz CT molecular complexity index is 588. The van der Waals surface area contributed by atoms with Gasteiger partial charge in [0.2, 0.25) is 0 Å². The zero-order chi connectivity index (χ0) is 14.0. The van der Waals surface area contributed by atoms with E-state index in [9.17, 15) is 0 Å². The van der Waals surface area contributed by atoms with E-state index in [1.807, 2.05) is 12.1 Å². The third-order valence-corrected chi connectivity index (χ3v) is 4.14. The molecule has 0 unspecified atom stereocenters. The molecule has 2 aromatic carbocycles. The number of nitrogens with one attached hydrogen (secondary N) is 1. The fraction of sp³-hybridized carbons (Fsp3) is 0.200. The summed E-state index contributed by atoms with van der Waals surface area (Å²) in [5.74, 6) is 0.744. The number of hydrogen-bond donors (Lipinski definition) is 2. The lowest BCUT2D eigenvalue weighted by molar-refractivity contribution is 0.415. The first-order valence-electron chi connectivity index (χ1n) is 5.98. The van der Waals surface area contributed by atoms with E-state index in [0.717, 1.165) is 21.6 Å². The number of anilines is 3. The molecule has 0 atom stereocenters. The molecule has 2 rings (SSSR count). The van der Waals surface area contributed by atoms with Gasteiger partial charge in [-0.2, -0.15) is 0 Å². The second kappa shape index (κ2) is 5.53. The van der Waals surface area contributed by atoms with Crippen LogP contribution in [-0.2, 0) is 0 Å². The van der Waals surface area contributed by atoms with Crippen LogP contribution in [0.25, 0.3) is 0 Å². The quantitative estimate of drug-likeness (QED) is 0.824. The van der Waals surface area contributed by atoms with Gasteiger partial charge in [0, 0.05) is 33.7 Å². The van der Waals surface area contributed by atoms with Crippen LogP contribution in [0.15, 0.2) is 34.8 Å². The van der Waals surface area contributed by atoms with E-state index >= 15 is 0 Å². The highest BCUT2D eigenvalue weighted by molar-refractivity contribution is 9.10. The molecule has 0 bridgehead atoms. The predicted molar refractivity (Wildman–Crippen MR) is 84.3 cm³/mol. The standard InChI is InChI=1S/C15H17BrN2O/c1-9-4-12(5-10(2)15(9)16)18-13-6-11(17)7-14(8-13)19-3/h4-8,18H,17H2,1-3H3. The number of nitrogen functional groups attached to an aromatic ring is 1. The van der Waals surface area contributed by atoms with Crippen molar-refractivity contribution in [3.05, 3.63) is 45.9 Å². The lowest BCUT2D eigenvalue weighted by Crippen LogP contribution is -1.96. The Morgan fingerprint density at radius 3 is 2.16 bits per heavy atom. The van der Waals surface area contributed by atoms with Crippen LogP contribution in [0.4, 0.5) is 17.1 Å². The first kappa shape index (κ1) is 13.7. The summed E-state index contributed by atoms with van der Waals surface area (Å²) >= 11 is 3.57. The van der Waals surface area contributed by atoms with Crippen LogP contribution in [0.5, 0.6) is 5.75 Å². The molecule has 0 amide bonds. The van der Waals surface area contributed by atoms with E-state index in [2.05, 4.69) is 47.2 Å². The minimum Gasteiger partial charge on any atom is -0.497 e. The summed E-state index contributed by atoms with van der Waals surface area (Å²) in [5.41, 5.74) is 10.9. The number of aryl methyl sites for hydroxylation is 2. The molecule has 4 heteroatoms. The molecule has 0 saturated carbocycles. The van der Waals surface area contributed by atoms with Crippen molar-refractivity contribution in [2.45, 2.75) is 13.8 Å². The van der Waals surface area contributed by atoms with Gasteiger partial charge in [0.1, 0.15) is 5.75 Å². The molecule has 0 spiro atoms. The molecule has 19 heavy (non-hydrogen) atoms. The zero-order valence-electron chi connectivity index (χ0n) is 11.3. The van der Waals surface area contributed by atoms with Crippen LogP contribution in [0.1, 0.15) is 11.1 Å². The number of nitrogens with two attached hydrogens (primary N) is 1. The molecule has 0 aliphatic carbocycles. The van der Waals surface area contributed by atoms with Gasteiger partial charge in [-0.05, 0) is 43.2 Å². The zero-order valence-corrected chi connectivity index (χ0v) is 12.8. The van der Waals surface area contributed by atoms with Crippen LogP contribution in [0, 0.1) is 13.8 Å². The Kier molecular flexibility index (Phi) is 4.00. The van der Waals surface area contributed by atoms with E-state index in [0.29, 0.717) is 5.69 Å². The van der Waals surface area contributed by atoms with Gasteiger partial charge in [0.25, 0.3) is 0 Å². The van der Waals surface area contributed by atoms with Gasteiger partial charge >= 0.3 is 0 Å². The third-order valence-electron chi connectivity index (χ3n) is 2.89. The van der Waals surface area contributed by atoms with Crippen molar-refractivity contribution in [3.8, 4) is 5.75 Å². The van der Waals surface area contributed by atoms with E-state index in [1.54, 1.807) is 13.2 Å². The van der Waals surface area contributed by atoms with Gasteiger partial charge in [-0.25, -0.2) is 0 Å². The molecular formula is C15H17BrN2O. The van der Waals surface area contributed by atoms with Gasteiger partial charge in [0.15, 0.2) is 0 Å². The summed E-state index contributed by atoms with van der Waals surface area (Å²) < 4.78 is 6.35. The number of ether oxygens (including phenoxy) is 1. The molecule has 0 aliphatic heterocycles. The summed E-state index contributed by atoms with van der Waals surface area (Å²) in [5, 5.41) is 3.35. The maximum absolute atomic E-state index is 5.85. The fourth-order valence-corrected chi connectivity index (χ4v) is 2.23. The van der Waals surface area contributed by atoms with Crippen molar-refractivity contribution in [1.29, 1.82) is 0 Å². The Morgan fingerprint density at radius 2 is 1.58 bits per heavy atom. The molecule has 3 nitrogen and oxygen atoms in total. The van der Waals surface area contributed by atoms with E-state index in [1.165, 1.54) is 11.1 Å². The van der Waals surface area contributed by atoms with Crippen molar-refractivity contribution in [1.82, 2.24) is 0 Å². The van der Waals surface area contributed by atoms with Crippen molar-refractivity contribution in [2.24, 2.45) is 0 Å². The lowest BCUT2D eigenvalue weighted by Gasteiger charge is -2.12. The second-order valence-corrected chi connectivity index (χ2v) is 5.34. The summed E-state index contributed by atoms with van der Waals surface area (Å²) in [6.45, 7) is 4.14. The number of halogens is 1. The summed E-state index contributed by atoms with van der Waals surface area (Å²) in [7, 11) is 1.63. The van der Waals surface area contributed by atoms with Gasteiger partial charge in [-0.1, -0.05) is 15.9 Å². The topological polar surface area (TPSA) is 47.3 Å². The molecule has 0 radical (unpaired) electrons. The molecular weight excluding hydrogens is 304 g/mol. The Labute approximate surface area is 121 Å². The summed E-state index contributed by atoms with van der Waals surface area (Å²) in [6.07, 6.45) is 0. The van der Waals surface area contributed by atoms with Crippen LogP contribution in [0.3, 0.4) is 0 Å². The maximum Gasteiger partial charge on any atom is 0.122 e. The van der Waals surface area contributed by atoms with Gasteiger partial charge < -0.3 is 15.8 Å².